The standard InChI is InChI=1S/C14H15F3O5/c1-7-5-6-8(14(15,16)17)10(9(7)11(18)19)21-12(20)22-13(2,3)4/h5-6H,1-4H3,(H,18,19). The summed E-state index contributed by atoms with van der Waals surface area (Å²) in [5.41, 5.74) is -3.07. The summed E-state index contributed by atoms with van der Waals surface area (Å²) in [6, 6.07) is 1.65. The molecule has 1 N–H and O–H groups in total. The first kappa shape index (κ1) is 17.8. The van der Waals surface area contributed by atoms with E-state index in [1.54, 1.807) is 0 Å². The van der Waals surface area contributed by atoms with Crippen LogP contribution in [0.25, 0.3) is 0 Å². The maximum Gasteiger partial charge on any atom is 0.514 e. The molecule has 8 heteroatoms. The Hall–Kier alpha value is -2.25. The predicted molar refractivity (Wildman–Crippen MR) is 70.0 cm³/mol. The minimum Gasteiger partial charge on any atom is -0.478 e. The molecule has 0 saturated carbocycles. The molecule has 0 radical (unpaired) electrons. The fourth-order valence-electron chi connectivity index (χ4n) is 1.63. The Labute approximate surface area is 124 Å². The third kappa shape index (κ3) is 4.37. The lowest BCUT2D eigenvalue weighted by atomic mass is 10.0. The molecule has 0 amide bonds. The molecular formula is C14H15F3O5. The molecule has 1 aromatic rings. The predicted octanol–water partition coefficient (Wildman–Crippen LogP) is 4.03. The molecule has 0 heterocycles. The molecule has 0 bridgehead atoms. The van der Waals surface area contributed by atoms with E-state index in [1.807, 2.05) is 0 Å². The summed E-state index contributed by atoms with van der Waals surface area (Å²) >= 11 is 0. The zero-order chi connectivity index (χ0) is 17.3. The van der Waals surface area contributed by atoms with Gasteiger partial charge >= 0.3 is 18.3 Å². The number of halogens is 3. The second-order valence-electron chi connectivity index (χ2n) is 5.50. The van der Waals surface area contributed by atoms with E-state index in [0.29, 0.717) is 6.07 Å². The lowest BCUT2D eigenvalue weighted by molar-refractivity contribution is -0.138. The van der Waals surface area contributed by atoms with Crippen molar-refractivity contribution < 1.29 is 37.3 Å². The number of carbonyl (C=O) groups excluding carboxylic acids is 1. The van der Waals surface area contributed by atoms with Crippen molar-refractivity contribution in [3.8, 4) is 5.75 Å². The van der Waals surface area contributed by atoms with Crippen LogP contribution >= 0.6 is 0 Å². The normalized spacial score (nSPS) is 12.0. The Morgan fingerprint density at radius 3 is 2.09 bits per heavy atom. The lowest BCUT2D eigenvalue weighted by Crippen LogP contribution is -2.27. The molecule has 0 atom stereocenters. The van der Waals surface area contributed by atoms with Gasteiger partial charge in [-0.05, 0) is 39.3 Å². The number of ether oxygens (including phenoxy) is 2. The first-order valence-electron chi connectivity index (χ1n) is 6.18. The van der Waals surface area contributed by atoms with E-state index in [9.17, 15) is 22.8 Å². The van der Waals surface area contributed by atoms with E-state index in [1.165, 1.54) is 27.7 Å². The summed E-state index contributed by atoms with van der Waals surface area (Å²) in [5.74, 6) is -2.71. The molecule has 0 fully saturated rings. The minimum atomic E-state index is -4.88. The fraction of sp³-hybridized carbons (Fsp3) is 0.429. The van der Waals surface area contributed by atoms with E-state index in [4.69, 9.17) is 9.84 Å². The molecule has 122 valence electrons. The third-order valence-corrected chi connectivity index (χ3v) is 2.46. The first-order chi connectivity index (χ1) is 9.83. The van der Waals surface area contributed by atoms with Crippen LogP contribution in [0.15, 0.2) is 12.1 Å². The molecule has 0 aromatic heterocycles. The highest BCUT2D eigenvalue weighted by Gasteiger charge is 2.38. The monoisotopic (exact) mass is 320 g/mol. The summed E-state index contributed by atoms with van der Waals surface area (Å²) < 4.78 is 48.3. The molecule has 1 aromatic carbocycles. The van der Waals surface area contributed by atoms with Gasteiger partial charge in [0.15, 0.2) is 5.75 Å². The Bertz CT molecular complexity index is 600. The largest absolute Gasteiger partial charge is 0.514 e. The zero-order valence-electron chi connectivity index (χ0n) is 12.4. The Morgan fingerprint density at radius 1 is 1.14 bits per heavy atom. The van der Waals surface area contributed by atoms with Gasteiger partial charge in [0.2, 0.25) is 0 Å². The quantitative estimate of drug-likeness (QED) is 0.658. The highest BCUT2D eigenvalue weighted by Crippen LogP contribution is 2.39. The summed E-state index contributed by atoms with van der Waals surface area (Å²) in [7, 11) is 0. The van der Waals surface area contributed by atoms with Gasteiger partial charge in [-0.2, -0.15) is 13.2 Å². The van der Waals surface area contributed by atoms with Crippen LogP contribution in [-0.2, 0) is 10.9 Å². The molecular weight excluding hydrogens is 305 g/mol. The number of carboxylic acid groups (broad SMARTS) is 1. The van der Waals surface area contributed by atoms with Crippen molar-refractivity contribution >= 4 is 12.1 Å². The fourth-order valence-corrected chi connectivity index (χ4v) is 1.63. The zero-order valence-corrected chi connectivity index (χ0v) is 12.4. The third-order valence-electron chi connectivity index (χ3n) is 2.46. The molecule has 0 aliphatic heterocycles. The van der Waals surface area contributed by atoms with E-state index in [2.05, 4.69) is 4.74 Å². The van der Waals surface area contributed by atoms with Crippen molar-refractivity contribution in [3.05, 3.63) is 28.8 Å². The van der Waals surface area contributed by atoms with Crippen LogP contribution in [0, 0.1) is 6.92 Å². The number of aromatic carboxylic acids is 1. The van der Waals surface area contributed by atoms with Crippen LogP contribution in [0.3, 0.4) is 0 Å². The number of rotatable bonds is 2. The molecule has 1 rings (SSSR count). The highest BCUT2D eigenvalue weighted by molar-refractivity contribution is 5.94. The number of hydrogen-bond acceptors (Lipinski definition) is 4. The van der Waals surface area contributed by atoms with E-state index >= 15 is 0 Å². The number of alkyl halides is 3. The molecule has 0 spiro atoms. The minimum absolute atomic E-state index is 0.0269. The average Bonchev–Trinajstić information content (AvgIpc) is 2.23. The van der Waals surface area contributed by atoms with Crippen LogP contribution in [0.2, 0.25) is 0 Å². The summed E-state index contributed by atoms with van der Waals surface area (Å²) in [6.45, 7) is 5.78. The van der Waals surface area contributed by atoms with Gasteiger partial charge in [0.05, 0.1) is 5.56 Å². The van der Waals surface area contributed by atoms with Gasteiger partial charge in [0, 0.05) is 0 Å². The van der Waals surface area contributed by atoms with Gasteiger partial charge in [-0.15, -0.1) is 0 Å². The molecule has 0 saturated heterocycles. The number of benzene rings is 1. The number of carbonyl (C=O) groups is 2. The number of aryl methyl sites for hydroxylation is 1. The topological polar surface area (TPSA) is 72.8 Å². The second kappa shape index (κ2) is 5.86. The van der Waals surface area contributed by atoms with Crippen LogP contribution in [0.4, 0.5) is 18.0 Å². The molecule has 5 nitrogen and oxygen atoms in total. The van der Waals surface area contributed by atoms with Crippen molar-refractivity contribution in [2.24, 2.45) is 0 Å². The second-order valence-corrected chi connectivity index (χ2v) is 5.50. The smallest absolute Gasteiger partial charge is 0.478 e. The molecule has 22 heavy (non-hydrogen) atoms. The van der Waals surface area contributed by atoms with E-state index < -0.39 is 40.8 Å². The average molecular weight is 320 g/mol. The van der Waals surface area contributed by atoms with Crippen molar-refractivity contribution in [2.45, 2.75) is 39.5 Å². The van der Waals surface area contributed by atoms with E-state index in [-0.39, 0.29) is 5.56 Å². The summed E-state index contributed by atoms with van der Waals surface area (Å²) in [5, 5.41) is 9.08. The van der Waals surface area contributed by atoms with Crippen molar-refractivity contribution in [3.63, 3.8) is 0 Å². The van der Waals surface area contributed by atoms with Gasteiger partial charge < -0.3 is 14.6 Å². The van der Waals surface area contributed by atoms with E-state index in [0.717, 1.165) is 6.07 Å². The number of hydrogen-bond donors (Lipinski definition) is 1. The summed E-state index contributed by atoms with van der Waals surface area (Å²) in [6.07, 6.45) is -6.29. The van der Waals surface area contributed by atoms with Crippen LogP contribution in [0.1, 0.15) is 42.3 Å². The maximum atomic E-state index is 13.0. The Kier molecular flexibility index (Phi) is 4.74. The van der Waals surface area contributed by atoms with Gasteiger partial charge in [-0.1, -0.05) is 6.07 Å². The number of carboxylic acids is 1. The van der Waals surface area contributed by atoms with Crippen molar-refractivity contribution in [1.82, 2.24) is 0 Å². The van der Waals surface area contributed by atoms with Crippen molar-refractivity contribution in [1.29, 1.82) is 0 Å². The van der Waals surface area contributed by atoms with Gasteiger partial charge in [-0.25, -0.2) is 9.59 Å². The van der Waals surface area contributed by atoms with Gasteiger partial charge in [0.25, 0.3) is 0 Å². The molecule has 0 aliphatic rings. The SMILES string of the molecule is Cc1ccc(C(F)(F)F)c(OC(=O)OC(C)(C)C)c1C(=O)O. The molecule has 0 aliphatic carbocycles. The Morgan fingerprint density at radius 2 is 1.68 bits per heavy atom. The maximum absolute atomic E-state index is 13.0. The van der Waals surface area contributed by atoms with Crippen LogP contribution < -0.4 is 4.74 Å². The summed E-state index contributed by atoms with van der Waals surface area (Å²) in [4.78, 5) is 22.8. The Balaban J connectivity index is 3.39. The van der Waals surface area contributed by atoms with Crippen molar-refractivity contribution in [2.75, 3.05) is 0 Å². The van der Waals surface area contributed by atoms with Crippen LogP contribution in [-0.4, -0.2) is 22.8 Å². The molecule has 0 unspecified atom stereocenters. The first-order valence-corrected chi connectivity index (χ1v) is 6.18. The lowest BCUT2D eigenvalue weighted by Gasteiger charge is -2.21. The van der Waals surface area contributed by atoms with Gasteiger partial charge in [-0.3, -0.25) is 0 Å². The van der Waals surface area contributed by atoms with Crippen LogP contribution in [0.5, 0.6) is 5.75 Å². The van der Waals surface area contributed by atoms with Gasteiger partial charge in [0.1, 0.15) is 11.2 Å². The highest BCUT2D eigenvalue weighted by atomic mass is 19.4.